The van der Waals surface area contributed by atoms with Crippen LogP contribution in [-0.4, -0.2) is 9.97 Å². The zero-order valence-corrected chi connectivity index (χ0v) is 8.30. The Bertz CT molecular complexity index is 482. The number of hydrogen-bond acceptors (Lipinski definition) is 3. The Morgan fingerprint density at radius 1 is 1.38 bits per heavy atom. The van der Waals surface area contributed by atoms with Gasteiger partial charge in [0.1, 0.15) is 5.82 Å². The van der Waals surface area contributed by atoms with Gasteiger partial charge in [-0.15, -0.1) is 0 Å². The molecule has 0 unspecified atom stereocenters. The van der Waals surface area contributed by atoms with Crippen LogP contribution in [-0.2, 0) is 6.54 Å². The summed E-state index contributed by atoms with van der Waals surface area (Å²) in [4.78, 5) is 6.67. The van der Waals surface area contributed by atoms with E-state index in [2.05, 4.69) is 15.3 Å². The van der Waals surface area contributed by atoms with Gasteiger partial charge in [-0.2, -0.15) is 0 Å². The number of nitrogen functional groups attached to an aromatic ring is 1. The summed E-state index contributed by atoms with van der Waals surface area (Å²) in [5.41, 5.74) is 6.39. The second-order valence-electron chi connectivity index (χ2n) is 3.28. The minimum atomic E-state index is -0.771. The highest BCUT2D eigenvalue weighted by Crippen LogP contribution is 2.23. The van der Waals surface area contributed by atoms with Crippen molar-refractivity contribution >= 4 is 11.4 Å². The molecule has 0 bridgehead atoms. The quantitative estimate of drug-likeness (QED) is 0.697. The van der Waals surface area contributed by atoms with Crippen LogP contribution in [0, 0.1) is 11.6 Å². The van der Waals surface area contributed by atoms with Crippen LogP contribution in [0.4, 0.5) is 20.2 Å². The van der Waals surface area contributed by atoms with Crippen LogP contribution in [0.2, 0.25) is 0 Å². The van der Waals surface area contributed by atoms with Crippen molar-refractivity contribution in [3.8, 4) is 0 Å². The standard InChI is InChI=1S/C10H10F2N4/c11-6-1-8(12)10(13)9(2-6)15-4-7-3-14-5-16-7/h1-3,5,15H,4,13H2,(H,14,16). The minimum Gasteiger partial charge on any atom is -0.395 e. The fourth-order valence-electron chi connectivity index (χ4n) is 1.30. The Labute approximate surface area is 90.5 Å². The Balaban J connectivity index is 2.15. The first kappa shape index (κ1) is 10.4. The van der Waals surface area contributed by atoms with E-state index in [-0.39, 0.29) is 11.4 Å². The van der Waals surface area contributed by atoms with Gasteiger partial charge >= 0.3 is 0 Å². The molecule has 6 heteroatoms. The average molecular weight is 224 g/mol. The monoisotopic (exact) mass is 224 g/mol. The average Bonchev–Trinajstić information content (AvgIpc) is 2.74. The molecule has 0 spiro atoms. The van der Waals surface area contributed by atoms with Crippen LogP contribution in [0.15, 0.2) is 24.7 Å². The number of nitrogens with zero attached hydrogens (tertiary/aromatic N) is 1. The molecule has 0 aliphatic carbocycles. The van der Waals surface area contributed by atoms with E-state index in [0.717, 1.165) is 17.8 Å². The highest BCUT2D eigenvalue weighted by molar-refractivity contribution is 5.66. The number of nitrogens with one attached hydrogen (secondary N) is 2. The largest absolute Gasteiger partial charge is 0.395 e. The second kappa shape index (κ2) is 4.18. The number of rotatable bonds is 3. The van der Waals surface area contributed by atoms with Gasteiger partial charge in [0.25, 0.3) is 0 Å². The van der Waals surface area contributed by atoms with E-state index in [1.54, 1.807) is 6.20 Å². The summed E-state index contributed by atoms with van der Waals surface area (Å²) in [6, 6.07) is 1.89. The van der Waals surface area contributed by atoms with Crippen LogP contribution in [0.3, 0.4) is 0 Å². The number of anilines is 2. The van der Waals surface area contributed by atoms with Crippen LogP contribution in [0.5, 0.6) is 0 Å². The zero-order chi connectivity index (χ0) is 11.5. The van der Waals surface area contributed by atoms with Gasteiger partial charge < -0.3 is 16.0 Å². The van der Waals surface area contributed by atoms with Crippen molar-refractivity contribution in [2.75, 3.05) is 11.1 Å². The molecule has 84 valence electrons. The van der Waals surface area contributed by atoms with E-state index in [4.69, 9.17) is 5.73 Å². The van der Waals surface area contributed by atoms with Crippen molar-refractivity contribution in [1.29, 1.82) is 0 Å². The van der Waals surface area contributed by atoms with Crippen LogP contribution >= 0.6 is 0 Å². The Morgan fingerprint density at radius 3 is 2.88 bits per heavy atom. The molecule has 2 rings (SSSR count). The number of benzene rings is 1. The summed E-state index contributed by atoms with van der Waals surface area (Å²) < 4.78 is 26.0. The van der Waals surface area contributed by atoms with Gasteiger partial charge in [-0.1, -0.05) is 0 Å². The number of nitrogens with two attached hydrogens (primary N) is 1. The topological polar surface area (TPSA) is 66.7 Å². The lowest BCUT2D eigenvalue weighted by Gasteiger charge is -2.09. The van der Waals surface area contributed by atoms with Gasteiger partial charge in [0, 0.05) is 12.3 Å². The molecule has 0 atom stereocenters. The van der Waals surface area contributed by atoms with Gasteiger partial charge in [0.15, 0.2) is 5.82 Å². The summed E-state index contributed by atoms with van der Waals surface area (Å²) in [6.45, 7) is 0.368. The predicted octanol–water partition coefficient (Wildman–Crippen LogP) is 1.88. The van der Waals surface area contributed by atoms with Crippen molar-refractivity contribution in [2.45, 2.75) is 6.54 Å². The first-order valence-corrected chi connectivity index (χ1v) is 4.62. The lowest BCUT2D eigenvalue weighted by molar-refractivity contribution is 0.587. The number of H-pyrrole nitrogens is 1. The molecular weight excluding hydrogens is 214 g/mol. The molecule has 0 saturated carbocycles. The molecule has 1 aromatic carbocycles. The van der Waals surface area contributed by atoms with E-state index in [1.165, 1.54) is 6.33 Å². The summed E-state index contributed by atoms with van der Waals surface area (Å²) in [5, 5.41) is 2.82. The summed E-state index contributed by atoms with van der Waals surface area (Å²) >= 11 is 0. The van der Waals surface area contributed by atoms with Gasteiger partial charge in [-0.05, 0) is 6.07 Å². The van der Waals surface area contributed by atoms with Crippen LogP contribution in [0.25, 0.3) is 0 Å². The molecule has 4 N–H and O–H groups in total. The summed E-state index contributed by atoms with van der Waals surface area (Å²) in [7, 11) is 0. The minimum absolute atomic E-state index is 0.0964. The van der Waals surface area contributed by atoms with E-state index in [1.807, 2.05) is 0 Å². The van der Waals surface area contributed by atoms with Crippen molar-refractivity contribution in [1.82, 2.24) is 9.97 Å². The Kier molecular flexibility index (Phi) is 2.72. The Morgan fingerprint density at radius 2 is 2.19 bits per heavy atom. The van der Waals surface area contributed by atoms with E-state index < -0.39 is 11.6 Å². The van der Waals surface area contributed by atoms with Crippen molar-refractivity contribution in [2.24, 2.45) is 0 Å². The van der Waals surface area contributed by atoms with Gasteiger partial charge in [-0.3, -0.25) is 0 Å². The Hall–Kier alpha value is -2.11. The number of imidazole rings is 1. The molecule has 0 aliphatic rings. The maximum Gasteiger partial charge on any atom is 0.151 e. The van der Waals surface area contributed by atoms with Gasteiger partial charge in [-0.25, -0.2) is 13.8 Å². The second-order valence-corrected chi connectivity index (χ2v) is 3.28. The van der Waals surface area contributed by atoms with Crippen molar-refractivity contribution in [3.63, 3.8) is 0 Å². The van der Waals surface area contributed by atoms with E-state index in [0.29, 0.717) is 6.54 Å². The number of aromatic nitrogens is 2. The molecule has 0 aliphatic heterocycles. The lowest BCUT2D eigenvalue weighted by atomic mass is 10.2. The third kappa shape index (κ3) is 2.10. The molecule has 4 nitrogen and oxygen atoms in total. The first-order valence-electron chi connectivity index (χ1n) is 4.62. The molecule has 0 fully saturated rings. The lowest BCUT2D eigenvalue weighted by Crippen LogP contribution is -2.05. The maximum atomic E-state index is 13.1. The molecule has 2 aromatic rings. The molecule has 16 heavy (non-hydrogen) atoms. The number of hydrogen-bond donors (Lipinski definition) is 3. The molecule has 0 radical (unpaired) electrons. The molecule has 1 aromatic heterocycles. The zero-order valence-electron chi connectivity index (χ0n) is 8.30. The maximum absolute atomic E-state index is 13.1. The third-order valence-electron chi connectivity index (χ3n) is 2.12. The molecule has 1 heterocycles. The molecule has 0 saturated heterocycles. The third-order valence-corrected chi connectivity index (χ3v) is 2.12. The number of halogens is 2. The van der Waals surface area contributed by atoms with E-state index in [9.17, 15) is 8.78 Å². The fraction of sp³-hybridized carbons (Fsp3) is 0.100. The SMILES string of the molecule is Nc1c(F)cc(F)cc1NCc1cnc[nH]1. The predicted molar refractivity (Wildman–Crippen MR) is 56.7 cm³/mol. The molecular formula is C10H10F2N4. The molecule has 0 amide bonds. The van der Waals surface area contributed by atoms with Gasteiger partial charge in [0.05, 0.1) is 29.9 Å². The normalized spacial score (nSPS) is 10.4. The first-order chi connectivity index (χ1) is 7.66. The highest BCUT2D eigenvalue weighted by atomic mass is 19.1. The summed E-state index contributed by atoms with van der Waals surface area (Å²) in [6.07, 6.45) is 3.13. The van der Waals surface area contributed by atoms with E-state index >= 15 is 0 Å². The van der Waals surface area contributed by atoms with Crippen molar-refractivity contribution in [3.05, 3.63) is 42.0 Å². The van der Waals surface area contributed by atoms with Crippen molar-refractivity contribution < 1.29 is 8.78 Å². The smallest absolute Gasteiger partial charge is 0.151 e. The van der Waals surface area contributed by atoms with Crippen LogP contribution in [0.1, 0.15) is 5.69 Å². The fourth-order valence-corrected chi connectivity index (χ4v) is 1.30. The summed E-state index contributed by atoms with van der Waals surface area (Å²) in [5.74, 6) is -1.44. The van der Waals surface area contributed by atoms with Gasteiger partial charge in [0.2, 0.25) is 0 Å². The van der Waals surface area contributed by atoms with Crippen LogP contribution < -0.4 is 11.1 Å². The highest BCUT2D eigenvalue weighted by Gasteiger charge is 2.07. The number of aromatic amines is 1.